The van der Waals surface area contributed by atoms with Crippen molar-refractivity contribution >= 4 is 46.9 Å². The molecule has 0 atom stereocenters. The number of aryl methyl sites for hydroxylation is 1. The van der Waals surface area contributed by atoms with Gasteiger partial charge in [-0.15, -0.1) is 0 Å². The van der Waals surface area contributed by atoms with Crippen LogP contribution in [0.2, 0.25) is 5.02 Å². The minimum absolute atomic E-state index is 0.541. The molecule has 3 rings (SSSR count). The zero-order valence-electron chi connectivity index (χ0n) is 9.90. The van der Waals surface area contributed by atoms with Crippen LogP contribution < -0.4 is 0 Å². The lowest BCUT2D eigenvalue weighted by atomic mass is 10.3. The number of hydrogen-bond acceptors (Lipinski definition) is 3. The minimum Gasteiger partial charge on any atom is -0.289 e. The van der Waals surface area contributed by atoms with Crippen molar-refractivity contribution in [2.45, 2.75) is 6.92 Å². The van der Waals surface area contributed by atoms with Crippen LogP contribution >= 0.6 is 36.0 Å². The van der Waals surface area contributed by atoms with E-state index >= 15 is 0 Å². The first-order valence-electron chi connectivity index (χ1n) is 5.54. The molecular formula is C12H9ClN4S2. The van der Waals surface area contributed by atoms with E-state index < -0.39 is 0 Å². The molecule has 2 heterocycles. The van der Waals surface area contributed by atoms with E-state index in [0.29, 0.717) is 19.8 Å². The molecule has 1 aromatic carbocycles. The lowest BCUT2D eigenvalue weighted by Gasteiger charge is -2.03. The van der Waals surface area contributed by atoms with Crippen molar-refractivity contribution in [3.8, 4) is 5.69 Å². The van der Waals surface area contributed by atoms with Crippen LogP contribution in [0.5, 0.6) is 0 Å². The molecule has 2 aromatic heterocycles. The lowest BCUT2D eigenvalue weighted by Crippen LogP contribution is -1.97. The number of fused-ring (bicyclic) bond motifs is 1. The van der Waals surface area contributed by atoms with Crippen molar-refractivity contribution in [3.63, 3.8) is 0 Å². The summed E-state index contributed by atoms with van der Waals surface area (Å²) in [5.41, 5.74) is 2.56. The third-order valence-corrected chi connectivity index (χ3v) is 3.77. The molecule has 96 valence electrons. The maximum atomic E-state index is 5.90. The molecular weight excluding hydrogens is 300 g/mol. The van der Waals surface area contributed by atoms with Gasteiger partial charge in [-0.25, -0.2) is 4.68 Å². The zero-order valence-corrected chi connectivity index (χ0v) is 12.3. The molecule has 0 unspecified atom stereocenters. The maximum Gasteiger partial charge on any atom is 0.146 e. The molecule has 7 heteroatoms. The molecule has 0 amide bonds. The van der Waals surface area contributed by atoms with Gasteiger partial charge in [0.15, 0.2) is 0 Å². The van der Waals surface area contributed by atoms with Gasteiger partial charge in [0.2, 0.25) is 0 Å². The fourth-order valence-electron chi connectivity index (χ4n) is 2.00. The fraction of sp³-hybridized carbons (Fsp3) is 0.0833. The normalized spacial score (nSPS) is 11.1. The Morgan fingerprint density at radius 3 is 2.37 bits per heavy atom. The molecule has 0 radical (unpaired) electrons. The first-order valence-corrected chi connectivity index (χ1v) is 6.73. The summed E-state index contributed by atoms with van der Waals surface area (Å²) in [6.07, 6.45) is 0. The number of aromatic amines is 2. The quantitative estimate of drug-likeness (QED) is 0.665. The Morgan fingerprint density at radius 2 is 1.74 bits per heavy atom. The molecule has 3 aromatic rings. The van der Waals surface area contributed by atoms with E-state index in [9.17, 15) is 0 Å². The minimum atomic E-state index is 0.541. The second-order valence-electron chi connectivity index (χ2n) is 4.11. The van der Waals surface area contributed by atoms with Gasteiger partial charge in [0.25, 0.3) is 0 Å². The Labute approximate surface area is 124 Å². The number of H-pyrrole nitrogens is 2. The molecule has 0 aliphatic heterocycles. The summed E-state index contributed by atoms with van der Waals surface area (Å²) < 4.78 is 2.95. The molecule has 2 N–H and O–H groups in total. The largest absolute Gasteiger partial charge is 0.289 e. The third-order valence-electron chi connectivity index (χ3n) is 2.92. The van der Waals surface area contributed by atoms with Gasteiger partial charge >= 0.3 is 0 Å². The van der Waals surface area contributed by atoms with Crippen molar-refractivity contribution in [1.82, 2.24) is 20.0 Å². The molecule has 0 spiro atoms. The highest BCUT2D eigenvalue weighted by Crippen LogP contribution is 2.22. The maximum absolute atomic E-state index is 5.90. The van der Waals surface area contributed by atoms with E-state index in [4.69, 9.17) is 36.0 Å². The summed E-state index contributed by atoms with van der Waals surface area (Å²) in [5.74, 6) is 0. The van der Waals surface area contributed by atoms with E-state index in [0.717, 1.165) is 16.8 Å². The summed E-state index contributed by atoms with van der Waals surface area (Å²) in [7, 11) is 0. The van der Waals surface area contributed by atoms with E-state index in [1.165, 1.54) is 0 Å². The van der Waals surface area contributed by atoms with Crippen molar-refractivity contribution in [3.05, 3.63) is 44.3 Å². The highest BCUT2D eigenvalue weighted by molar-refractivity contribution is 7.72. The zero-order chi connectivity index (χ0) is 13.6. The van der Waals surface area contributed by atoms with Crippen molar-refractivity contribution in [1.29, 1.82) is 0 Å². The molecule has 19 heavy (non-hydrogen) atoms. The predicted octanol–water partition coefficient (Wildman–Crippen LogP) is 4.10. The summed E-state index contributed by atoms with van der Waals surface area (Å²) in [6, 6.07) is 7.45. The number of nitrogens with zero attached hydrogens (tertiary/aromatic N) is 2. The summed E-state index contributed by atoms with van der Waals surface area (Å²) in [5, 5.41) is 11.8. The first kappa shape index (κ1) is 12.5. The average Bonchev–Trinajstić information content (AvgIpc) is 2.74. The van der Waals surface area contributed by atoms with Gasteiger partial charge in [-0.2, -0.15) is 5.10 Å². The SMILES string of the molecule is Cc1c2c(=S)[nH][nH]c(=S)c2nn1-c1ccc(Cl)cc1. The Balaban J connectivity index is 2.38. The van der Waals surface area contributed by atoms with Crippen LogP contribution in [-0.2, 0) is 0 Å². The molecule has 0 aliphatic rings. The molecule has 4 nitrogen and oxygen atoms in total. The van der Waals surface area contributed by atoms with Gasteiger partial charge in [-0.05, 0) is 31.2 Å². The number of rotatable bonds is 1. The van der Waals surface area contributed by atoms with Crippen LogP contribution in [0.25, 0.3) is 16.6 Å². The van der Waals surface area contributed by atoms with Gasteiger partial charge in [0.05, 0.1) is 16.8 Å². The van der Waals surface area contributed by atoms with E-state index in [-0.39, 0.29) is 0 Å². The highest BCUT2D eigenvalue weighted by Gasteiger charge is 2.11. The molecule has 0 aliphatic carbocycles. The first-order chi connectivity index (χ1) is 9.08. The van der Waals surface area contributed by atoms with Gasteiger partial charge in [-0.3, -0.25) is 10.2 Å². The molecule has 0 fully saturated rings. The molecule has 0 saturated heterocycles. The lowest BCUT2D eigenvalue weighted by molar-refractivity contribution is 0.859. The van der Waals surface area contributed by atoms with Crippen LogP contribution in [0, 0.1) is 16.2 Å². The molecule has 0 saturated carbocycles. The summed E-state index contributed by atoms with van der Waals surface area (Å²) >= 11 is 16.4. The van der Waals surface area contributed by atoms with Crippen molar-refractivity contribution < 1.29 is 0 Å². The second-order valence-corrected chi connectivity index (χ2v) is 5.36. The Hall–Kier alpha value is -1.50. The van der Waals surface area contributed by atoms with Gasteiger partial charge in [-0.1, -0.05) is 36.0 Å². The van der Waals surface area contributed by atoms with Gasteiger partial charge < -0.3 is 0 Å². The van der Waals surface area contributed by atoms with Crippen LogP contribution in [0.4, 0.5) is 0 Å². The van der Waals surface area contributed by atoms with Crippen LogP contribution in [0.1, 0.15) is 5.69 Å². The Kier molecular flexibility index (Phi) is 3.00. The van der Waals surface area contributed by atoms with Crippen molar-refractivity contribution in [2.75, 3.05) is 0 Å². The number of benzene rings is 1. The number of nitrogens with one attached hydrogen (secondary N) is 2. The van der Waals surface area contributed by atoms with Gasteiger partial charge in [0.1, 0.15) is 14.8 Å². The van der Waals surface area contributed by atoms with Crippen LogP contribution in [0.15, 0.2) is 24.3 Å². The third kappa shape index (κ3) is 2.01. The molecule has 0 bridgehead atoms. The predicted molar refractivity (Wildman–Crippen MR) is 81.2 cm³/mol. The topological polar surface area (TPSA) is 49.4 Å². The summed E-state index contributed by atoms with van der Waals surface area (Å²) in [6.45, 7) is 1.96. The highest BCUT2D eigenvalue weighted by atomic mass is 35.5. The smallest absolute Gasteiger partial charge is 0.146 e. The van der Waals surface area contributed by atoms with Crippen LogP contribution in [-0.4, -0.2) is 20.0 Å². The Bertz CT molecular complexity index is 873. The number of hydrogen-bond donors (Lipinski definition) is 2. The van der Waals surface area contributed by atoms with Gasteiger partial charge in [0, 0.05) is 5.02 Å². The monoisotopic (exact) mass is 308 g/mol. The number of aromatic nitrogens is 4. The summed E-state index contributed by atoms with van der Waals surface area (Å²) in [4.78, 5) is 0. The van der Waals surface area contributed by atoms with Crippen LogP contribution in [0.3, 0.4) is 0 Å². The van der Waals surface area contributed by atoms with Crippen molar-refractivity contribution in [2.24, 2.45) is 0 Å². The van der Waals surface area contributed by atoms with E-state index in [2.05, 4.69) is 15.3 Å². The second kappa shape index (κ2) is 4.56. The fourth-order valence-corrected chi connectivity index (χ4v) is 2.62. The van der Waals surface area contributed by atoms with E-state index in [1.54, 1.807) is 0 Å². The number of halogens is 1. The standard InChI is InChI=1S/C12H9ClN4S2/c1-6-9-10(12(19)15-14-11(9)18)16-17(6)8-4-2-7(13)3-5-8/h2-5H,1H3,(H,14,18)(H,15,19). The van der Waals surface area contributed by atoms with E-state index in [1.807, 2.05) is 35.9 Å². The Morgan fingerprint density at radius 1 is 1.11 bits per heavy atom. The average molecular weight is 309 g/mol.